The highest BCUT2D eigenvalue weighted by molar-refractivity contribution is 5.89. The molecule has 0 heterocycles. The summed E-state index contributed by atoms with van der Waals surface area (Å²) >= 11 is 0. The Hall–Kier alpha value is -3.68. The van der Waals surface area contributed by atoms with Gasteiger partial charge >= 0.3 is 0 Å². The first-order chi connectivity index (χ1) is 16.9. The van der Waals surface area contributed by atoms with Crippen LogP contribution in [0.25, 0.3) is 0 Å². The molecule has 0 aliphatic rings. The van der Waals surface area contributed by atoms with Crippen LogP contribution in [0.3, 0.4) is 0 Å². The lowest BCUT2D eigenvalue weighted by molar-refractivity contribution is -0.115. The maximum atomic E-state index is 11.3. The van der Waals surface area contributed by atoms with Crippen molar-refractivity contribution in [2.75, 3.05) is 30.3 Å². The number of para-hydroxylation sites is 1. The first-order valence-corrected chi connectivity index (χ1v) is 11.7. The van der Waals surface area contributed by atoms with Gasteiger partial charge < -0.3 is 25.8 Å². The zero-order valence-electron chi connectivity index (χ0n) is 20.2. The van der Waals surface area contributed by atoms with E-state index >= 15 is 0 Å². The molecular weight excluding hydrogens is 442 g/mol. The summed E-state index contributed by atoms with van der Waals surface area (Å²) in [4.78, 5) is 22.7. The molecule has 35 heavy (non-hydrogen) atoms. The number of rotatable bonds is 12. The maximum Gasteiger partial charge on any atom is 0.221 e. The van der Waals surface area contributed by atoms with Crippen LogP contribution in [-0.2, 0) is 9.59 Å². The molecule has 2 amide bonds. The Bertz CT molecular complexity index is 1010. The standard InChI is InChI=1S/C28H33N3O4/c1-20(32)30-24-12-8-22(9-13-24)28(23-10-14-25(15-11-23)31-21(2)33)16-17-29-18-26(34)19-35-27-6-4-3-5-7-27/h3-15,26,28-29,34H,16-19H2,1-2H3,(H,30,32)(H,31,33)/t26-/m0/s1. The molecule has 0 bridgehead atoms. The van der Waals surface area contributed by atoms with Crippen LogP contribution < -0.4 is 20.7 Å². The van der Waals surface area contributed by atoms with Crippen molar-refractivity contribution >= 4 is 23.2 Å². The van der Waals surface area contributed by atoms with Gasteiger partial charge in [-0.05, 0) is 60.5 Å². The average Bonchev–Trinajstić information content (AvgIpc) is 2.84. The molecule has 7 heteroatoms. The van der Waals surface area contributed by atoms with Crippen molar-refractivity contribution in [3.63, 3.8) is 0 Å². The zero-order chi connectivity index (χ0) is 25.0. The van der Waals surface area contributed by atoms with Crippen molar-refractivity contribution in [2.24, 2.45) is 0 Å². The van der Waals surface area contributed by atoms with Gasteiger partial charge in [0.1, 0.15) is 18.5 Å². The molecule has 3 rings (SSSR count). The molecule has 0 saturated carbocycles. The lowest BCUT2D eigenvalue weighted by Gasteiger charge is -2.20. The molecule has 0 saturated heterocycles. The van der Waals surface area contributed by atoms with Crippen LogP contribution >= 0.6 is 0 Å². The summed E-state index contributed by atoms with van der Waals surface area (Å²) in [6.07, 6.45) is 0.174. The van der Waals surface area contributed by atoms with Crippen molar-refractivity contribution < 1.29 is 19.4 Å². The van der Waals surface area contributed by atoms with Gasteiger partial charge in [-0.2, -0.15) is 0 Å². The van der Waals surface area contributed by atoms with E-state index in [1.54, 1.807) is 0 Å². The highest BCUT2D eigenvalue weighted by Crippen LogP contribution is 2.29. The third-order valence-corrected chi connectivity index (χ3v) is 5.44. The third kappa shape index (κ3) is 8.88. The van der Waals surface area contributed by atoms with Crippen molar-refractivity contribution in [2.45, 2.75) is 32.3 Å². The molecule has 0 fully saturated rings. The number of carbonyl (C=O) groups excluding carboxylic acids is 2. The van der Waals surface area contributed by atoms with Gasteiger partial charge in [0.15, 0.2) is 0 Å². The van der Waals surface area contributed by atoms with Crippen molar-refractivity contribution in [3.05, 3.63) is 90.0 Å². The Balaban J connectivity index is 1.60. The summed E-state index contributed by atoms with van der Waals surface area (Å²) in [5.74, 6) is 0.610. The minimum Gasteiger partial charge on any atom is -0.491 e. The number of amides is 2. The molecule has 0 radical (unpaired) electrons. The number of ether oxygens (including phenoxy) is 1. The number of aliphatic hydroxyl groups excluding tert-OH is 1. The van der Waals surface area contributed by atoms with Crippen LogP contribution in [0.15, 0.2) is 78.9 Å². The molecule has 1 atom stereocenters. The summed E-state index contributed by atoms with van der Waals surface area (Å²) in [6, 6.07) is 25.1. The van der Waals surface area contributed by atoms with Gasteiger partial charge in [0.05, 0.1) is 0 Å². The van der Waals surface area contributed by atoms with Gasteiger partial charge in [0, 0.05) is 37.7 Å². The van der Waals surface area contributed by atoms with Crippen molar-refractivity contribution in [1.82, 2.24) is 5.32 Å². The monoisotopic (exact) mass is 475 g/mol. The van der Waals surface area contributed by atoms with E-state index in [0.717, 1.165) is 34.7 Å². The quantitative estimate of drug-likeness (QED) is 0.295. The van der Waals surface area contributed by atoms with E-state index in [1.807, 2.05) is 78.9 Å². The Morgan fingerprint density at radius 1 is 0.800 bits per heavy atom. The van der Waals surface area contributed by atoms with E-state index in [0.29, 0.717) is 13.1 Å². The number of hydrogen-bond acceptors (Lipinski definition) is 5. The molecule has 4 N–H and O–H groups in total. The first-order valence-electron chi connectivity index (χ1n) is 11.7. The topological polar surface area (TPSA) is 99.7 Å². The molecular formula is C28H33N3O4. The average molecular weight is 476 g/mol. The lowest BCUT2D eigenvalue weighted by atomic mass is 9.88. The van der Waals surface area contributed by atoms with Gasteiger partial charge in [-0.1, -0.05) is 42.5 Å². The zero-order valence-corrected chi connectivity index (χ0v) is 20.2. The summed E-state index contributed by atoms with van der Waals surface area (Å²) in [6.45, 7) is 4.29. The van der Waals surface area contributed by atoms with E-state index in [1.165, 1.54) is 13.8 Å². The number of hydrogen-bond donors (Lipinski definition) is 4. The summed E-state index contributed by atoms with van der Waals surface area (Å²) < 4.78 is 5.61. The molecule has 3 aromatic carbocycles. The van der Waals surface area contributed by atoms with E-state index in [4.69, 9.17) is 4.74 Å². The molecule has 184 valence electrons. The van der Waals surface area contributed by atoms with E-state index in [2.05, 4.69) is 16.0 Å². The molecule has 3 aromatic rings. The lowest BCUT2D eigenvalue weighted by Crippen LogP contribution is -2.32. The van der Waals surface area contributed by atoms with Gasteiger partial charge in [-0.25, -0.2) is 0 Å². The van der Waals surface area contributed by atoms with Crippen LogP contribution in [0.5, 0.6) is 5.75 Å². The normalized spacial score (nSPS) is 11.7. The highest BCUT2D eigenvalue weighted by atomic mass is 16.5. The van der Waals surface area contributed by atoms with Crippen LogP contribution in [-0.4, -0.2) is 42.7 Å². The fraction of sp³-hybridized carbons (Fsp3) is 0.286. The largest absolute Gasteiger partial charge is 0.491 e. The Morgan fingerprint density at radius 2 is 1.31 bits per heavy atom. The third-order valence-electron chi connectivity index (χ3n) is 5.44. The number of aliphatic hydroxyl groups is 1. The molecule has 0 aromatic heterocycles. The number of nitrogens with one attached hydrogen (secondary N) is 3. The van der Waals surface area contributed by atoms with Crippen LogP contribution in [0.4, 0.5) is 11.4 Å². The molecule has 0 aliphatic carbocycles. The Labute approximate surface area is 206 Å². The highest BCUT2D eigenvalue weighted by Gasteiger charge is 2.15. The Morgan fingerprint density at radius 3 is 1.80 bits per heavy atom. The van der Waals surface area contributed by atoms with Gasteiger partial charge in [-0.3, -0.25) is 9.59 Å². The SMILES string of the molecule is CC(=O)Nc1ccc(C(CCNC[C@H](O)COc2ccccc2)c2ccc(NC(C)=O)cc2)cc1. The summed E-state index contributed by atoms with van der Waals surface area (Å²) in [5.41, 5.74) is 3.73. The molecule has 0 spiro atoms. The van der Waals surface area contributed by atoms with Crippen LogP contribution in [0.2, 0.25) is 0 Å². The van der Waals surface area contributed by atoms with Crippen LogP contribution in [0, 0.1) is 0 Å². The van der Waals surface area contributed by atoms with Crippen molar-refractivity contribution in [3.8, 4) is 5.75 Å². The minimum absolute atomic E-state index is 0.0953. The second-order valence-corrected chi connectivity index (χ2v) is 8.43. The van der Waals surface area contributed by atoms with Gasteiger partial charge in [0.2, 0.25) is 11.8 Å². The summed E-state index contributed by atoms with van der Waals surface area (Å²) in [7, 11) is 0. The maximum absolute atomic E-state index is 11.3. The Kier molecular flexibility index (Phi) is 9.83. The smallest absolute Gasteiger partial charge is 0.221 e. The van der Waals surface area contributed by atoms with Gasteiger partial charge in [0.25, 0.3) is 0 Å². The second kappa shape index (κ2) is 13.3. The van der Waals surface area contributed by atoms with E-state index in [-0.39, 0.29) is 24.3 Å². The molecule has 0 aliphatic heterocycles. The second-order valence-electron chi connectivity index (χ2n) is 8.43. The van der Waals surface area contributed by atoms with Gasteiger partial charge in [-0.15, -0.1) is 0 Å². The fourth-order valence-electron chi connectivity index (χ4n) is 3.81. The molecule has 0 unspecified atom stereocenters. The predicted octanol–water partition coefficient (Wildman–Crippen LogP) is 4.15. The number of benzene rings is 3. The number of carbonyl (C=O) groups is 2. The number of anilines is 2. The fourth-order valence-corrected chi connectivity index (χ4v) is 3.81. The van der Waals surface area contributed by atoms with E-state index < -0.39 is 6.10 Å². The van der Waals surface area contributed by atoms with Crippen LogP contribution in [0.1, 0.15) is 37.3 Å². The first kappa shape index (κ1) is 25.9. The van der Waals surface area contributed by atoms with Crippen molar-refractivity contribution in [1.29, 1.82) is 0 Å². The molecule has 7 nitrogen and oxygen atoms in total. The summed E-state index contributed by atoms with van der Waals surface area (Å²) in [5, 5.41) is 19.2. The van der Waals surface area contributed by atoms with E-state index in [9.17, 15) is 14.7 Å². The minimum atomic E-state index is -0.623. The predicted molar refractivity (Wildman–Crippen MR) is 139 cm³/mol.